The van der Waals surface area contributed by atoms with E-state index >= 15 is 0 Å². The standard InChI is InChI=1S/C14H20N2O2/c1-3-9-17-13-4-6-14(7-5-13)18-10-8-12(11-15)16-2/h4-7,12,16H,3,8-10H2,1-2H3. The van der Waals surface area contributed by atoms with E-state index in [1.807, 2.05) is 24.3 Å². The van der Waals surface area contributed by atoms with Crippen molar-refractivity contribution < 1.29 is 9.47 Å². The molecule has 0 saturated carbocycles. The molecule has 4 heteroatoms. The van der Waals surface area contributed by atoms with Crippen LogP contribution in [-0.2, 0) is 0 Å². The normalized spacial score (nSPS) is 11.6. The van der Waals surface area contributed by atoms with Crippen molar-refractivity contribution >= 4 is 0 Å². The summed E-state index contributed by atoms with van der Waals surface area (Å²) in [6, 6.07) is 9.55. The van der Waals surface area contributed by atoms with Crippen molar-refractivity contribution in [1.29, 1.82) is 5.26 Å². The second-order valence-electron chi connectivity index (χ2n) is 3.93. The van der Waals surface area contributed by atoms with Crippen LogP contribution in [0.25, 0.3) is 0 Å². The summed E-state index contributed by atoms with van der Waals surface area (Å²) in [5.74, 6) is 1.65. The molecule has 0 aliphatic rings. The maximum atomic E-state index is 8.76. The fourth-order valence-corrected chi connectivity index (χ4v) is 1.42. The van der Waals surface area contributed by atoms with Crippen molar-refractivity contribution in [2.75, 3.05) is 20.3 Å². The topological polar surface area (TPSA) is 54.3 Å². The summed E-state index contributed by atoms with van der Waals surface area (Å²) in [5, 5.41) is 11.7. The van der Waals surface area contributed by atoms with Gasteiger partial charge in [0, 0.05) is 6.42 Å². The number of nitrogens with zero attached hydrogens (tertiary/aromatic N) is 1. The van der Waals surface area contributed by atoms with Crippen LogP contribution in [0.1, 0.15) is 19.8 Å². The highest BCUT2D eigenvalue weighted by atomic mass is 16.5. The number of nitriles is 1. The maximum Gasteiger partial charge on any atom is 0.119 e. The van der Waals surface area contributed by atoms with Gasteiger partial charge in [0.2, 0.25) is 0 Å². The summed E-state index contributed by atoms with van der Waals surface area (Å²) < 4.78 is 11.0. The van der Waals surface area contributed by atoms with E-state index in [1.165, 1.54) is 0 Å². The van der Waals surface area contributed by atoms with Crippen molar-refractivity contribution in [3.8, 4) is 17.6 Å². The highest BCUT2D eigenvalue weighted by Crippen LogP contribution is 2.17. The van der Waals surface area contributed by atoms with Crippen LogP contribution in [0.4, 0.5) is 0 Å². The van der Waals surface area contributed by atoms with Crippen LogP contribution in [-0.4, -0.2) is 26.3 Å². The average Bonchev–Trinajstić information content (AvgIpc) is 2.42. The number of nitrogens with one attached hydrogen (secondary N) is 1. The smallest absolute Gasteiger partial charge is 0.119 e. The molecule has 0 aliphatic carbocycles. The zero-order valence-electron chi connectivity index (χ0n) is 11.0. The Morgan fingerprint density at radius 1 is 1.17 bits per heavy atom. The Bertz CT molecular complexity index is 370. The largest absolute Gasteiger partial charge is 0.494 e. The lowest BCUT2D eigenvalue weighted by molar-refractivity contribution is 0.297. The van der Waals surface area contributed by atoms with Gasteiger partial charge >= 0.3 is 0 Å². The van der Waals surface area contributed by atoms with Gasteiger partial charge < -0.3 is 14.8 Å². The Balaban J connectivity index is 2.33. The van der Waals surface area contributed by atoms with Crippen molar-refractivity contribution in [2.24, 2.45) is 0 Å². The van der Waals surface area contributed by atoms with Gasteiger partial charge in [-0.3, -0.25) is 0 Å². The van der Waals surface area contributed by atoms with E-state index < -0.39 is 0 Å². The Morgan fingerprint density at radius 2 is 1.72 bits per heavy atom. The van der Waals surface area contributed by atoms with Crippen LogP contribution in [0, 0.1) is 11.3 Å². The summed E-state index contributed by atoms with van der Waals surface area (Å²) in [6.07, 6.45) is 1.67. The Hall–Kier alpha value is -1.73. The van der Waals surface area contributed by atoms with E-state index in [2.05, 4.69) is 18.3 Å². The highest BCUT2D eigenvalue weighted by molar-refractivity contribution is 5.31. The third kappa shape index (κ3) is 5.07. The fourth-order valence-electron chi connectivity index (χ4n) is 1.42. The molecule has 1 unspecified atom stereocenters. The number of hydrogen-bond donors (Lipinski definition) is 1. The van der Waals surface area contributed by atoms with Crippen LogP contribution >= 0.6 is 0 Å². The second kappa shape index (κ2) is 8.37. The van der Waals surface area contributed by atoms with Gasteiger partial charge in [0.05, 0.1) is 25.3 Å². The molecule has 0 aromatic heterocycles. The predicted molar refractivity (Wildman–Crippen MR) is 70.8 cm³/mol. The maximum absolute atomic E-state index is 8.76. The summed E-state index contributed by atoms with van der Waals surface area (Å²) in [4.78, 5) is 0. The summed E-state index contributed by atoms with van der Waals surface area (Å²) in [6.45, 7) is 3.32. The van der Waals surface area contributed by atoms with Gasteiger partial charge in [-0.15, -0.1) is 0 Å². The summed E-state index contributed by atoms with van der Waals surface area (Å²) in [7, 11) is 1.77. The minimum atomic E-state index is -0.155. The number of hydrogen-bond acceptors (Lipinski definition) is 4. The first-order valence-electron chi connectivity index (χ1n) is 6.22. The zero-order valence-corrected chi connectivity index (χ0v) is 11.0. The SMILES string of the molecule is CCCOc1ccc(OCCC(C#N)NC)cc1. The van der Waals surface area contributed by atoms with E-state index in [1.54, 1.807) is 7.05 Å². The van der Waals surface area contributed by atoms with Crippen LogP contribution in [0.2, 0.25) is 0 Å². The van der Waals surface area contributed by atoms with Gasteiger partial charge in [0.1, 0.15) is 11.5 Å². The van der Waals surface area contributed by atoms with Crippen molar-refractivity contribution in [2.45, 2.75) is 25.8 Å². The first kappa shape index (κ1) is 14.3. The average molecular weight is 248 g/mol. The second-order valence-corrected chi connectivity index (χ2v) is 3.93. The van der Waals surface area contributed by atoms with Gasteiger partial charge in [-0.25, -0.2) is 0 Å². The Labute approximate surface area is 109 Å². The van der Waals surface area contributed by atoms with E-state index in [-0.39, 0.29) is 6.04 Å². The molecule has 18 heavy (non-hydrogen) atoms. The van der Waals surface area contributed by atoms with Gasteiger partial charge in [-0.05, 0) is 37.7 Å². The van der Waals surface area contributed by atoms with Gasteiger partial charge in [-0.2, -0.15) is 5.26 Å². The number of rotatable bonds is 8. The molecule has 0 saturated heterocycles. The van der Waals surface area contributed by atoms with E-state index in [0.717, 1.165) is 24.5 Å². The Morgan fingerprint density at radius 3 is 2.17 bits per heavy atom. The number of ether oxygens (including phenoxy) is 2. The molecule has 4 nitrogen and oxygen atoms in total. The predicted octanol–water partition coefficient (Wildman–Crippen LogP) is 2.36. The first-order valence-corrected chi connectivity index (χ1v) is 6.22. The minimum absolute atomic E-state index is 0.155. The molecule has 0 radical (unpaired) electrons. The van der Waals surface area contributed by atoms with Crippen molar-refractivity contribution in [1.82, 2.24) is 5.32 Å². The van der Waals surface area contributed by atoms with E-state index in [0.29, 0.717) is 13.0 Å². The van der Waals surface area contributed by atoms with E-state index in [4.69, 9.17) is 14.7 Å². The van der Waals surface area contributed by atoms with E-state index in [9.17, 15) is 0 Å². The molecule has 0 fully saturated rings. The fraction of sp³-hybridized carbons (Fsp3) is 0.500. The van der Waals surface area contributed by atoms with Crippen LogP contribution in [0.5, 0.6) is 11.5 Å². The molecule has 0 amide bonds. The lowest BCUT2D eigenvalue weighted by Crippen LogP contribution is -2.25. The molecule has 0 bridgehead atoms. The van der Waals surface area contributed by atoms with Gasteiger partial charge in [0.25, 0.3) is 0 Å². The van der Waals surface area contributed by atoms with Crippen molar-refractivity contribution in [3.63, 3.8) is 0 Å². The van der Waals surface area contributed by atoms with Gasteiger partial charge in [-0.1, -0.05) is 6.92 Å². The molecule has 1 rings (SSSR count). The quantitative estimate of drug-likeness (QED) is 0.767. The summed E-state index contributed by atoms with van der Waals surface area (Å²) >= 11 is 0. The lowest BCUT2D eigenvalue weighted by Gasteiger charge is -2.10. The molecule has 0 aliphatic heterocycles. The molecule has 1 aromatic rings. The van der Waals surface area contributed by atoms with Crippen molar-refractivity contribution in [3.05, 3.63) is 24.3 Å². The highest BCUT2D eigenvalue weighted by Gasteiger charge is 2.03. The zero-order chi connectivity index (χ0) is 13.2. The van der Waals surface area contributed by atoms with Gasteiger partial charge in [0.15, 0.2) is 0 Å². The first-order chi connectivity index (χ1) is 8.80. The van der Waals surface area contributed by atoms with Crippen LogP contribution in [0.15, 0.2) is 24.3 Å². The third-order valence-corrected chi connectivity index (χ3v) is 2.48. The third-order valence-electron chi connectivity index (χ3n) is 2.48. The molecule has 1 aromatic carbocycles. The summed E-state index contributed by atoms with van der Waals surface area (Å²) in [5.41, 5.74) is 0. The molecular weight excluding hydrogens is 228 g/mol. The molecule has 98 valence electrons. The lowest BCUT2D eigenvalue weighted by atomic mass is 10.2. The van der Waals surface area contributed by atoms with Crippen LogP contribution in [0.3, 0.4) is 0 Å². The molecule has 1 atom stereocenters. The Kier molecular flexibility index (Phi) is 6.67. The minimum Gasteiger partial charge on any atom is -0.494 e. The molecular formula is C14H20N2O2. The van der Waals surface area contributed by atoms with Crippen LogP contribution < -0.4 is 14.8 Å². The molecule has 1 N–H and O–H groups in total. The monoisotopic (exact) mass is 248 g/mol. The molecule has 0 heterocycles. The molecule has 0 spiro atoms. The number of benzene rings is 1.